The van der Waals surface area contributed by atoms with Crippen molar-refractivity contribution in [2.45, 2.75) is 59.2 Å². The minimum absolute atomic E-state index is 0.0129. The van der Waals surface area contributed by atoms with Gasteiger partial charge in [0.1, 0.15) is 17.1 Å². The van der Waals surface area contributed by atoms with Crippen LogP contribution in [0.1, 0.15) is 67.3 Å². The van der Waals surface area contributed by atoms with Crippen molar-refractivity contribution in [3.05, 3.63) is 98.4 Å². The van der Waals surface area contributed by atoms with Crippen LogP contribution in [-0.4, -0.2) is 24.0 Å². The zero-order chi connectivity index (χ0) is 31.1. The van der Waals surface area contributed by atoms with Crippen LogP contribution in [0, 0.1) is 0 Å². The molecule has 0 spiro atoms. The van der Waals surface area contributed by atoms with Crippen molar-refractivity contribution in [3.63, 3.8) is 0 Å². The van der Waals surface area contributed by atoms with E-state index in [0.717, 1.165) is 31.2 Å². The molecule has 4 rings (SSSR count). The van der Waals surface area contributed by atoms with Gasteiger partial charge >= 0.3 is 12.1 Å². The largest absolute Gasteiger partial charge is 0.453 e. The number of hydrogen-bond acceptors (Lipinski definition) is 6. The molecule has 0 unspecified atom stereocenters. The second kappa shape index (κ2) is 14.1. The minimum atomic E-state index is -5.05. The summed E-state index contributed by atoms with van der Waals surface area (Å²) in [5.41, 5.74) is 0.0351. The van der Waals surface area contributed by atoms with Gasteiger partial charge in [-0.25, -0.2) is 4.79 Å². The van der Waals surface area contributed by atoms with Gasteiger partial charge in [0.2, 0.25) is 11.2 Å². The highest BCUT2D eigenvalue weighted by molar-refractivity contribution is 6.30. The third kappa shape index (κ3) is 7.77. The molecule has 0 aliphatic carbocycles. The van der Waals surface area contributed by atoms with E-state index in [4.69, 9.17) is 25.5 Å². The lowest BCUT2D eigenvalue weighted by molar-refractivity contribution is -0.154. The molecule has 0 aliphatic rings. The standard InChI is InChI=1S/C33H33ClF3NO5/c1-4-7-21-8-14-24(15-9-21)41-30-28(39)25-16-17-27(42-32(40)22-10-12-23(34)13-11-22)26(20-38(18-5-2)19-6-3)29(25)43-31(30)33(35,36)37/h8-17H,4-7,18-20H2,1-3H3. The Balaban J connectivity index is 1.87. The van der Waals surface area contributed by atoms with Gasteiger partial charge in [0.05, 0.1) is 16.5 Å². The first-order valence-corrected chi connectivity index (χ1v) is 14.6. The third-order valence-electron chi connectivity index (χ3n) is 6.76. The quantitative estimate of drug-likeness (QED) is 0.117. The van der Waals surface area contributed by atoms with Crippen molar-refractivity contribution in [1.29, 1.82) is 0 Å². The van der Waals surface area contributed by atoms with Crippen LogP contribution < -0.4 is 14.9 Å². The Hall–Kier alpha value is -3.82. The van der Waals surface area contributed by atoms with Crippen LogP contribution >= 0.6 is 11.6 Å². The Morgan fingerprint density at radius 2 is 1.56 bits per heavy atom. The predicted octanol–water partition coefficient (Wildman–Crippen LogP) is 9.05. The lowest BCUT2D eigenvalue weighted by atomic mass is 10.1. The van der Waals surface area contributed by atoms with Gasteiger partial charge < -0.3 is 13.9 Å². The van der Waals surface area contributed by atoms with Gasteiger partial charge in [-0.2, -0.15) is 13.2 Å². The summed E-state index contributed by atoms with van der Waals surface area (Å²) in [4.78, 5) is 28.6. The summed E-state index contributed by atoms with van der Waals surface area (Å²) in [6.07, 6.45) is -1.80. The summed E-state index contributed by atoms with van der Waals surface area (Å²) in [7, 11) is 0. The number of carbonyl (C=O) groups is 1. The van der Waals surface area contributed by atoms with Gasteiger partial charge in [0.25, 0.3) is 5.76 Å². The zero-order valence-electron chi connectivity index (χ0n) is 24.2. The van der Waals surface area contributed by atoms with E-state index in [1.54, 1.807) is 12.1 Å². The summed E-state index contributed by atoms with van der Waals surface area (Å²) in [5, 5.41) is 0.300. The average Bonchev–Trinajstić information content (AvgIpc) is 2.96. The highest BCUT2D eigenvalue weighted by Crippen LogP contribution is 2.40. The van der Waals surface area contributed by atoms with Crippen LogP contribution in [0.25, 0.3) is 11.0 Å². The lowest BCUT2D eigenvalue weighted by Gasteiger charge is -2.23. The number of benzene rings is 3. The molecule has 43 heavy (non-hydrogen) atoms. The molecular formula is C33H33ClF3NO5. The molecule has 0 N–H and O–H groups in total. The van der Waals surface area contributed by atoms with E-state index >= 15 is 0 Å². The number of ether oxygens (including phenoxy) is 2. The van der Waals surface area contributed by atoms with Gasteiger partial charge in [-0.1, -0.05) is 50.9 Å². The van der Waals surface area contributed by atoms with Crippen LogP contribution in [0.3, 0.4) is 0 Å². The van der Waals surface area contributed by atoms with E-state index in [2.05, 4.69) is 0 Å². The number of carbonyl (C=O) groups excluding carboxylic acids is 1. The molecule has 228 valence electrons. The SMILES string of the molecule is CCCc1ccc(Oc2c(C(F)(F)F)oc3c(CN(CCC)CCC)c(OC(=O)c4ccc(Cl)cc4)ccc3c2=O)cc1. The van der Waals surface area contributed by atoms with E-state index in [0.29, 0.717) is 18.1 Å². The molecule has 1 aromatic heterocycles. The summed E-state index contributed by atoms with van der Waals surface area (Å²) in [5.74, 6) is -3.20. The maximum Gasteiger partial charge on any atom is 0.453 e. The Morgan fingerprint density at radius 3 is 2.14 bits per heavy atom. The summed E-state index contributed by atoms with van der Waals surface area (Å²) in [6.45, 7) is 7.31. The number of alkyl halides is 3. The van der Waals surface area contributed by atoms with E-state index in [9.17, 15) is 22.8 Å². The fourth-order valence-electron chi connectivity index (χ4n) is 4.81. The maximum atomic E-state index is 14.4. The molecule has 10 heteroatoms. The molecule has 0 saturated heterocycles. The normalized spacial score (nSPS) is 11.7. The van der Waals surface area contributed by atoms with E-state index < -0.39 is 29.1 Å². The first kappa shape index (κ1) is 32.1. The van der Waals surface area contributed by atoms with E-state index in [1.165, 1.54) is 48.5 Å². The molecule has 0 saturated carbocycles. The molecule has 0 fully saturated rings. The number of rotatable bonds is 12. The Kier molecular flexibility index (Phi) is 10.5. The minimum Gasteiger partial charge on any atom is -0.449 e. The lowest BCUT2D eigenvalue weighted by Crippen LogP contribution is -2.26. The first-order valence-electron chi connectivity index (χ1n) is 14.2. The molecule has 1 heterocycles. The van der Waals surface area contributed by atoms with Gasteiger partial charge in [-0.3, -0.25) is 9.69 Å². The van der Waals surface area contributed by atoms with Gasteiger partial charge in [0.15, 0.2) is 0 Å². The van der Waals surface area contributed by atoms with Gasteiger partial charge in [-0.15, -0.1) is 0 Å². The monoisotopic (exact) mass is 615 g/mol. The van der Waals surface area contributed by atoms with Crippen LogP contribution in [0.5, 0.6) is 17.2 Å². The summed E-state index contributed by atoms with van der Waals surface area (Å²) < 4.78 is 59.9. The molecule has 0 radical (unpaired) electrons. The first-order chi connectivity index (χ1) is 20.5. The summed E-state index contributed by atoms with van der Waals surface area (Å²) >= 11 is 5.93. The topological polar surface area (TPSA) is 69.0 Å². The number of hydrogen-bond donors (Lipinski definition) is 0. The van der Waals surface area contributed by atoms with Crippen molar-refractivity contribution in [3.8, 4) is 17.2 Å². The van der Waals surface area contributed by atoms with Gasteiger partial charge in [-0.05, 0) is 86.4 Å². The number of aryl methyl sites for hydroxylation is 1. The van der Waals surface area contributed by atoms with E-state index in [1.807, 2.05) is 25.7 Å². The number of nitrogens with zero attached hydrogens (tertiary/aromatic N) is 1. The predicted molar refractivity (Wildman–Crippen MR) is 160 cm³/mol. The molecule has 0 bridgehead atoms. The average molecular weight is 616 g/mol. The van der Waals surface area contributed by atoms with Gasteiger partial charge in [0, 0.05) is 11.6 Å². The van der Waals surface area contributed by atoms with Crippen molar-refractivity contribution in [1.82, 2.24) is 4.90 Å². The maximum absolute atomic E-state index is 14.4. The molecule has 0 atom stereocenters. The second-order valence-corrected chi connectivity index (χ2v) is 10.6. The molecule has 0 amide bonds. The fourth-order valence-corrected chi connectivity index (χ4v) is 4.93. The Bertz CT molecular complexity index is 1610. The smallest absolute Gasteiger partial charge is 0.449 e. The van der Waals surface area contributed by atoms with Crippen molar-refractivity contribution < 1.29 is 31.9 Å². The Morgan fingerprint density at radius 1 is 0.907 bits per heavy atom. The number of halogens is 4. The van der Waals surface area contributed by atoms with Crippen LogP contribution in [0.15, 0.2) is 69.9 Å². The van der Waals surface area contributed by atoms with Crippen LogP contribution in [0.2, 0.25) is 5.02 Å². The number of fused-ring (bicyclic) bond motifs is 1. The molecule has 6 nitrogen and oxygen atoms in total. The van der Waals surface area contributed by atoms with Crippen molar-refractivity contribution in [2.75, 3.05) is 13.1 Å². The van der Waals surface area contributed by atoms with Crippen LogP contribution in [0.4, 0.5) is 13.2 Å². The Labute approximate surface area is 253 Å². The van der Waals surface area contributed by atoms with Crippen LogP contribution in [-0.2, 0) is 19.1 Å². The molecular weight excluding hydrogens is 583 g/mol. The third-order valence-corrected chi connectivity index (χ3v) is 7.01. The molecule has 3 aromatic carbocycles. The highest BCUT2D eigenvalue weighted by Gasteiger charge is 2.41. The zero-order valence-corrected chi connectivity index (χ0v) is 25.0. The number of esters is 1. The fraction of sp³-hybridized carbons (Fsp3) is 0.333. The van der Waals surface area contributed by atoms with Crippen molar-refractivity contribution in [2.24, 2.45) is 0 Å². The molecule has 0 aliphatic heterocycles. The summed E-state index contributed by atoms with van der Waals surface area (Å²) in [6, 6.07) is 15.2. The second-order valence-electron chi connectivity index (χ2n) is 10.2. The highest BCUT2D eigenvalue weighted by atomic mass is 35.5. The van der Waals surface area contributed by atoms with E-state index in [-0.39, 0.29) is 40.1 Å². The molecule has 4 aromatic rings. The van der Waals surface area contributed by atoms with Crippen molar-refractivity contribution >= 4 is 28.5 Å².